The van der Waals surface area contributed by atoms with E-state index < -0.39 is 26.5 Å². The van der Waals surface area contributed by atoms with Crippen molar-refractivity contribution < 1.29 is 42.1 Å². The first-order valence-electron chi connectivity index (χ1n) is 37.6. The normalized spacial score (nSPS) is 13.7. The summed E-state index contributed by atoms with van der Waals surface area (Å²) in [5.74, 6) is -0.821. The molecular weight excluding hydrogens is 1130 g/mol. The van der Waals surface area contributed by atoms with Crippen LogP contribution in [0.25, 0.3) is 0 Å². The molecule has 2 atom stereocenters. The summed E-state index contributed by atoms with van der Waals surface area (Å²) in [5, 5.41) is 0. The summed E-state index contributed by atoms with van der Waals surface area (Å²) in [6.07, 6.45) is 99.4. The molecule has 0 radical (unpaired) electrons. The highest BCUT2D eigenvalue weighted by molar-refractivity contribution is 7.47. The first kappa shape index (κ1) is 86.7. The number of ether oxygens (including phenoxy) is 2. The second-order valence-electron chi connectivity index (χ2n) is 26.3. The zero-order valence-corrected chi connectivity index (χ0v) is 60.2. The number of nitrogens with zero attached hydrogens (tertiary/aromatic N) is 1. The molecule has 90 heavy (non-hydrogen) atoms. The number of esters is 2. The quantitative estimate of drug-likeness (QED) is 0.0211. The zero-order valence-electron chi connectivity index (χ0n) is 59.4. The number of quaternary nitrogens is 1. The number of carbonyl (C=O) groups excluding carboxylic acids is 2. The van der Waals surface area contributed by atoms with Crippen LogP contribution in [0.2, 0.25) is 0 Å². The number of unbranched alkanes of at least 4 members (excludes halogenated alkanes) is 37. The molecule has 0 aliphatic heterocycles. The Bertz CT molecular complexity index is 1890. The van der Waals surface area contributed by atoms with Crippen LogP contribution in [0.1, 0.15) is 335 Å². The van der Waals surface area contributed by atoms with Crippen LogP contribution < -0.4 is 0 Å². The van der Waals surface area contributed by atoms with Gasteiger partial charge in [-0.3, -0.25) is 18.6 Å². The van der Waals surface area contributed by atoms with Gasteiger partial charge in [-0.15, -0.1) is 0 Å². The van der Waals surface area contributed by atoms with Crippen molar-refractivity contribution >= 4 is 19.8 Å². The molecule has 1 N–H and O–H groups in total. The molecule has 0 heterocycles. The molecule has 0 aromatic heterocycles. The lowest BCUT2D eigenvalue weighted by Gasteiger charge is -2.24. The van der Waals surface area contributed by atoms with E-state index in [0.29, 0.717) is 17.4 Å². The van der Waals surface area contributed by atoms with Crippen molar-refractivity contribution in [3.8, 4) is 0 Å². The largest absolute Gasteiger partial charge is 0.472 e. The molecule has 0 aliphatic rings. The molecule has 0 amide bonds. The molecular formula is C80H143NO8P+. The summed E-state index contributed by atoms with van der Waals surface area (Å²) in [4.78, 5) is 35.9. The van der Waals surface area contributed by atoms with E-state index in [0.717, 1.165) is 96.3 Å². The van der Waals surface area contributed by atoms with Crippen LogP contribution in [0.5, 0.6) is 0 Å². The summed E-state index contributed by atoms with van der Waals surface area (Å²) in [7, 11) is 1.46. The van der Waals surface area contributed by atoms with Crippen molar-refractivity contribution in [1.82, 2.24) is 0 Å². The van der Waals surface area contributed by atoms with Crippen molar-refractivity contribution in [3.05, 3.63) is 109 Å². The lowest BCUT2D eigenvalue weighted by atomic mass is 10.0. The molecule has 0 aromatic carbocycles. The van der Waals surface area contributed by atoms with Crippen molar-refractivity contribution in [1.29, 1.82) is 0 Å². The average molecular weight is 1280 g/mol. The maximum Gasteiger partial charge on any atom is 0.472 e. The Labute approximate surface area is 556 Å². The minimum absolute atomic E-state index is 0.0222. The highest BCUT2D eigenvalue weighted by Crippen LogP contribution is 2.43. The molecule has 0 spiro atoms. The van der Waals surface area contributed by atoms with E-state index in [4.69, 9.17) is 18.5 Å². The summed E-state index contributed by atoms with van der Waals surface area (Å²) in [6.45, 7) is 4.32. The number of rotatable bonds is 69. The highest BCUT2D eigenvalue weighted by Gasteiger charge is 2.27. The van der Waals surface area contributed by atoms with E-state index in [2.05, 4.69) is 123 Å². The smallest absolute Gasteiger partial charge is 0.462 e. The molecule has 0 fully saturated rings. The monoisotopic (exact) mass is 1280 g/mol. The molecule has 0 aliphatic carbocycles. The average Bonchev–Trinajstić information content (AvgIpc) is 3.58. The highest BCUT2D eigenvalue weighted by atomic mass is 31.2. The molecule has 0 bridgehead atoms. The van der Waals surface area contributed by atoms with Crippen molar-refractivity contribution in [2.45, 2.75) is 341 Å². The Balaban J connectivity index is 4.03. The van der Waals surface area contributed by atoms with Gasteiger partial charge in [0.1, 0.15) is 19.8 Å². The molecule has 0 saturated carbocycles. The predicted octanol–water partition coefficient (Wildman–Crippen LogP) is 24.8. The number of hydrogen-bond donors (Lipinski definition) is 1. The minimum Gasteiger partial charge on any atom is -0.462 e. The molecule has 520 valence electrons. The fourth-order valence-electron chi connectivity index (χ4n) is 10.6. The SMILES string of the molecule is CC/C=C\C/C=C\C/C=C\C/C=C\C/C=C\C/C=C\C/C=C\C/C=C\CCCCCCC(=O)OC(COC(=O)CCCCCCCCCCCCCCCCCCCCCCCCCCC/C=C\CCCCCCCCCC)COP(=O)(O)OCC[N+](C)(C)C. The van der Waals surface area contributed by atoms with Gasteiger partial charge in [-0.25, -0.2) is 4.57 Å². The fourth-order valence-corrected chi connectivity index (χ4v) is 11.3. The second-order valence-corrected chi connectivity index (χ2v) is 27.8. The third-order valence-corrected chi connectivity index (χ3v) is 17.3. The van der Waals surface area contributed by atoms with Crippen LogP contribution in [0, 0.1) is 0 Å². The number of carbonyl (C=O) groups is 2. The van der Waals surface area contributed by atoms with Crippen molar-refractivity contribution in [2.24, 2.45) is 0 Å². The van der Waals surface area contributed by atoms with Gasteiger partial charge in [0.15, 0.2) is 6.10 Å². The van der Waals surface area contributed by atoms with Gasteiger partial charge in [-0.05, 0) is 103 Å². The van der Waals surface area contributed by atoms with Gasteiger partial charge < -0.3 is 18.9 Å². The summed E-state index contributed by atoms with van der Waals surface area (Å²) >= 11 is 0. The van der Waals surface area contributed by atoms with Gasteiger partial charge in [0.25, 0.3) is 0 Å². The third kappa shape index (κ3) is 73.7. The molecule has 10 heteroatoms. The molecule has 0 rings (SSSR count). The van der Waals surface area contributed by atoms with Gasteiger partial charge in [0.2, 0.25) is 0 Å². The van der Waals surface area contributed by atoms with Gasteiger partial charge in [0.05, 0.1) is 27.7 Å². The van der Waals surface area contributed by atoms with E-state index in [-0.39, 0.29) is 32.0 Å². The van der Waals surface area contributed by atoms with E-state index in [1.807, 2.05) is 21.1 Å². The lowest BCUT2D eigenvalue weighted by Crippen LogP contribution is -2.37. The van der Waals surface area contributed by atoms with Crippen LogP contribution in [0.4, 0.5) is 0 Å². The Morgan fingerprint density at radius 3 is 0.956 bits per heavy atom. The summed E-state index contributed by atoms with van der Waals surface area (Å²) in [5.41, 5.74) is 0. The minimum atomic E-state index is -4.41. The van der Waals surface area contributed by atoms with E-state index >= 15 is 0 Å². The van der Waals surface area contributed by atoms with Gasteiger partial charge in [-0.2, -0.15) is 0 Å². The Hall–Kier alpha value is -3.33. The maximum absolute atomic E-state index is 12.9. The predicted molar refractivity (Wildman–Crippen MR) is 390 cm³/mol. The number of likely N-dealkylation sites (N-methyl/N-ethyl adjacent to an activating group) is 1. The number of allylic oxidation sites excluding steroid dienone is 18. The lowest BCUT2D eigenvalue weighted by molar-refractivity contribution is -0.870. The van der Waals surface area contributed by atoms with Gasteiger partial charge in [0, 0.05) is 12.8 Å². The third-order valence-electron chi connectivity index (χ3n) is 16.3. The number of phosphoric acid groups is 1. The standard InChI is InChI=1S/C80H142NO8P/c1-6-8-10-12-14-16-18-20-22-24-26-28-30-32-34-36-37-38-39-40-41-42-43-45-46-48-50-52-54-56-58-60-62-64-66-68-70-72-79(82)86-76-78(77-88-90(84,85)87-75-74-81(3,4)5)89-80(83)73-71-69-67-65-63-61-59-57-55-53-51-49-47-44-35-33-31-29-27-25-23-21-19-17-15-13-11-9-7-2/h9,11,15,17,21,23-24,26-27,29,33,35,47,49,53,55,59,61,78H,6-8,10,12-14,16,18-20,22,25,28,30-32,34,36-46,48,50-52,54,56-58,60,62-77H2,1-5H3/p+1/b11-9-,17-15-,23-21-,26-24-,29-27-,35-33-,49-47-,55-53-,61-59-. The Kier molecular flexibility index (Phi) is 67.4. The van der Waals surface area contributed by atoms with Crippen LogP contribution in [0.3, 0.4) is 0 Å². The number of hydrogen-bond acceptors (Lipinski definition) is 7. The molecule has 2 unspecified atom stereocenters. The maximum atomic E-state index is 12.9. The van der Waals surface area contributed by atoms with Crippen LogP contribution in [-0.4, -0.2) is 74.9 Å². The first-order chi connectivity index (χ1) is 44.0. The second kappa shape index (κ2) is 70.0. The van der Waals surface area contributed by atoms with E-state index in [1.165, 1.54) is 205 Å². The van der Waals surface area contributed by atoms with Crippen LogP contribution >= 0.6 is 7.82 Å². The fraction of sp³-hybridized carbons (Fsp3) is 0.750. The first-order valence-corrected chi connectivity index (χ1v) is 39.1. The summed E-state index contributed by atoms with van der Waals surface area (Å²) < 4.78 is 34.7. The molecule has 0 aromatic rings. The van der Waals surface area contributed by atoms with Crippen LogP contribution in [-0.2, 0) is 32.7 Å². The Morgan fingerprint density at radius 2 is 0.633 bits per heavy atom. The molecule has 0 saturated heterocycles. The van der Waals surface area contributed by atoms with Crippen molar-refractivity contribution in [3.63, 3.8) is 0 Å². The number of phosphoric ester groups is 1. The van der Waals surface area contributed by atoms with E-state index in [9.17, 15) is 19.0 Å². The van der Waals surface area contributed by atoms with Crippen LogP contribution in [0.15, 0.2) is 109 Å². The van der Waals surface area contributed by atoms with E-state index in [1.54, 1.807) is 0 Å². The Morgan fingerprint density at radius 1 is 0.356 bits per heavy atom. The molecule has 9 nitrogen and oxygen atoms in total. The van der Waals surface area contributed by atoms with Gasteiger partial charge in [-0.1, -0.05) is 329 Å². The summed E-state index contributed by atoms with van der Waals surface area (Å²) in [6, 6.07) is 0. The van der Waals surface area contributed by atoms with Gasteiger partial charge >= 0.3 is 19.8 Å². The van der Waals surface area contributed by atoms with Crippen molar-refractivity contribution in [2.75, 3.05) is 47.5 Å². The topological polar surface area (TPSA) is 108 Å². The zero-order chi connectivity index (χ0) is 65.5.